The van der Waals surface area contributed by atoms with Gasteiger partial charge in [0, 0.05) is 37.8 Å². The van der Waals surface area contributed by atoms with Crippen LogP contribution < -0.4 is 0 Å². The molecule has 7 nitrogen and oxygen atoms in total. The van der Waals surface area contributed by atoms with E-state index in [1.165, 1.54) is 6.08 Å². The molecule has 0 spiro atoms. The predicted molar refractivity (Wildman–Crippen MR) is 127 cm³/mol. The summed E-state index contributed by atoms with van der Waals surface area (Å²) in [4.78, 5) is 19.4. The molecule has 3 heterocycles. The second-order valence-electron chi connectivity index (χ2n) is 10.2. The largest absolute Gasteiger partial charge is 0.481 e. The maximum Gasteiger partial charge on any atom is 0.397 e. The average Bonchev–Trinajstić information content (AvgIpc) is 3.55. The number of rotatable bonds is 6. The number of hydrogen-bond acceptors (Lipinski definition) is 6. The van der Waals surface area contributed by atoms with E-state index in [-0.39, 0.29) is 36.1 Å². The van der Waals surface area contributed by atoms with Gasteiger partial charge in [0.25, 0.3) is 0 Å². The number of carbonyl (C=O) groups is 1. The van der Waals surface area contributed by atoms with Gasteiger partial charge in [-0.25, -0.2) is 4.39 Å². The Bertz CT molecular complexity index is 1120. The molecular weight excluding hydrogens is 492 g/mol. The quantitative estimate of drug-likeness (QED) is 0.556. The molecule has 1 N–H and O–H groups in total. The van der Waals surface area contributed by atoms with Crippen molar-refractivity contribution < 1.29 is 32.0 Å². The summed E-state index contributed by atoms with van der Waals surface area (Å²) in [5.41, 5.74) is 1.34. The zero-order valence-electron chi connectivity index (χ0n) is 20.3. The Morgan fingerprint density at radius 3 is 2.57 bits per heavy atom. The summed E-state index contributed by atoms with van der Waals surface area (Å²) < 4.78 is 60.8. The number of aromatic nitrogens is 2. The Kier molecular flexibility index (Phi) is 7.35. The maximum absolute atomic E-state index is 14.0. The fourth-order valence-electron chi connectivity index (χ4n) is 5.53. The molecule has 1 aromatic heterocycles. The van der Waals surface area contributed by atoms with Crippen LogP contribution in [0.1, 0.15) is 43.3 Å². The van der Waals surface area contributed by atoms with Gasteiger partial charge in [-0.1, -0.05) is 41.6 Å². The number of allylic oxidation sites excluding steroid dienone is 4. The van der Waals surface area contributed by atoms with Gasteiger partial charge in [0.05, 0.1) is 17.8 Å². The highest BCUT2D eigenvalue weighted by Crippen LogP contribution is 2.39. The lowest BCUT2D eigenvalue weighted by Crippen LogP contribution is -2.48. The first kappa shape index (κ1) is 25.8. The molecule has 0 radical (unpaired) electrons. The molecule has 2 aliphatic carbocycles. The molecule has 2 aliphatic heterocycles. The third kappa shape index (κ3) is 5.87. The minimum atomic E-state index is -4.47. The zero-order chi connectivity index (χ0) is 26.2. The number of piperidine rings is 1. The van der Waals surface area contributed by atoms with Crippen LogP contribution in [-0.4, -0.2) is 82.1 Å². The first-order valence-corrected chi connectivity index (χ1v) is 12.7. The number of alkyl halides is 4. The lowest BCUT2D eigenvalue weighted by atomic mass is 9.88. The van der Waals surface area contributed by atoms with E-state index < -0.39 is 30.3 Å². The van der Waals surface area contributed by atoms with Crippen LogP contribution >= 0.6 is 0 Å². The van der Waals surface area contributed by atoms with Gasteiger partial charge in [0.15, 0.2) is 0 Å². The summed E-state index contributed by atoms with van der Waals surface area (Å²) in [5.74, 6) is -2.56. The Balaban J connectivity index is 1.23. The normalized spacial score (nSPS) is 29.9. The van der Waals surface area contributed by atoms with Gasteiger partial charge in [-0.2, -0.15) is 18.2 Å². The van der Waals surface area contributed by atoms with Crippen LogP contribution in [0.15, 0.2) is 46.6 Å². The predicted octanol–water partition coefficient (Wildman–Crippen LogP) is 4.38. The van der Waals surface area contributed by atoms with E-state index in [0.29, 0.717) is 44.9 Å². The molecule has 4 aliphatic rings. The third-order valence-corrected chi connectivity index (χ3v) is 7.68. The number of halogens is 4. The molecule has 2 fully saturated rings. The van der Waals surface area contributed by atoms with E-state index in [9.17, 15) is 27.5 Å². The monoisotopic (exact) mass is 522 g/mol. The SMILES string of the molecule is O=C(O)[C@H]1CCN(CC2=CCC(c3nc(C4=CC(C(F)(F)F)C(N5CCC(F)CC5)C=C4)no3)C=C2)C1. The topological polar surface area (TPSA) is 82.7 Å². The molecule has 1 aromatic rings. The second kappa shape index (κ2) is 10.5. The minimum absolute atomic E-state index is 0.112. The van der Waals surface area contributed by atoms with Crippen LogP contribution in [0.5, 0.6) is 0 Å². The molecule has 0 bridgehead atoms. The first-order valence-electron chi connectivity index (χ1n) is 12.7. The highest BCUT2D eigenvalue weighted by atomic mass is 19.4. The van der Waals surface area contributed by atoms with Crippen molar-refractivity contribution in [3.8, 4) is 0 Å². The van der Waals surface area contributed by atoms with E-state index in [1.54, 1.807) is 11.0 Å². The fourth-order valence-corrected chi connectivity index (χ4v) is 5.53. The number of hydrogen-bond donors (Lipinski definition) is 1. The molecule has 0 amide bonds. The molecule has 11 heteroatoms. The summed E-state index contributed by atoms with van der Waals surface area (Å²) in [5, 5.41) is 13.1. The van der Waals surface area contributed by atoms with Crippen molar-refractivity contribution in [1.29, 1.82) is 0 Å². The van der Waals surface area contributed by atoms with Gasteiger partial charge in [0.1, 0.15) is 6.17 Å². The van der Waals surface area contributed by atoms with Crippen LogP contribution in [-0.2, 0) is 4.79 Å². The smallest absolute Gasteiger partial charge is 0.397 e. The van der Waals surface area contributed by atoms with Crippen molar-refractivity contribution >= 4 is 11.5 Å². The Labute approximate surface area is 212 Å². The summed E-state index contributed by atoms with van der Waals surface area (Å²) in [6.45, 7) is 2.53. The molecule has 5 rings (SSSR count). The minimum Gasteiger partial charge on any atom is -0.481 e. The van der Waals surface area contributed by atoms with Crippen LogP contribution in [0.2, 0.25) is 0 Å². The molecule has 2 saturated heterocycles. The van der Waals surface area contributed by atoms with Crippen LogP contribution in [0.25, 0.3) is 5.57 Å². The Hall–Kier alpha value is -2.79. The van der Waals surface area contributed by atoms with Crippen LogP contribution in [0.3, 0.4) is 0 Å². The van der Waals surface area contributed by atoms with E-state index in [1.807, 2.05) is 18.2 Å². The van der Waals surface area contributed by atoms with Gasteiger partial charge in [-0.3, -0.25) is 14.6 Å². The van der Waals surface area contributed by atoms with Crippen molar-refractivity contribution in [3.05, 3.63) is 53.7 Å². The van der Waals surface area contributed by atoms with Crippen molar-refractivity contribution in [3.63, 3.8) is 0 Å². The van der Waals surface area contributed by atoms with Gasteiger partial charge >= 0.3 is 12.1 Å². The van der Waals surface area contributed by atoms with E-state index >= 15 is 0 Å². The van der Waals surface area contributed by atoms with E-state index in [0.717, 1.165) is 18.2 Å². The molecular formula is C26H30F4N4O3. The molecule has 4 atom stereocenters. The van der Waals surface area contributed by atoms with Gasteiger partial charge in [0.2, 0.25) is 11.7 Å². The highest BCUT2D eigenvalue weighted by Gasteiger charge is 2.46. The van der Waals surface area contributed by atoms with Crippen molar-refractivity contribution in [1.82, 2.24) is 19.9 Å². The molecule has 200 valence electrons. The highest BCUT2D eigenvalue weighted by molar-refractivity contribution is 5.71. The summed E-state index contributed by atoms with van der Waals surface area (Å²) in [6, 6.07) is -0.881. The maximum atomic E-state index is 14.0. The van der Waals surface area contributed by atoms with Crippen molar-refractivity contribution in [2.45, 2.75) is 50.0 Å². The van der Waals surface area contributed by atoms with Gasteiger partial charge in [-0.15, -0.1) is 0 Å². The zero-order valence-corrected chi connectivity index (χ0v) is 20.3. The number of carboxylic acids is 1. The van der Waals surface area contributed by atoms with Crippen LogP contribution in [0.4, 0.5) is 17.6 Å². The van der Waals surface area contributed by atoms with Crippen molar-refractivity contribution in [2.24, 2.45) is 11.8 Å². The lowest BCUT2D eigenvalue weighted by molar-refractivity contribution is -0.174. The Morgan fingerprint density at radius 1 is 1.14 bits per heavy atom. The van der Waals surface area contributed by atoms with Gasteiger partial charge in [-0.05, 0) is 37.8 Å². The van der Waals surface area contributed by atoms with Crippen LogP contribution in [0, 0.1) is 11.8 Å². The average molecular weight is 523 g/mol. The standard InChI is InChI=1S/C26H30F4N4O3/c27-20-8-11-34(12-9-20)22-6-5-18(13-21(22)26(28,29)30)23-31-24(37-32-23)17-3-1-16(2-4-17)14-33-10-7-19(15-33)25(35)36/h1-3,5-6,13,17,19-22H,4,7-12,14-15H2,(H,35,36)/t17?,19-,21?,22?/m0/s1. The third-order valence-electron chi connectivity index (χ3n) is 7.68. The second-order valence-corrected chi connectivity index (χ2v) is 10.2. The van der Waals surface area contributed by atoms with Gasteiger partial charge < -0.3 is 9.63 Å². The first-order chi connectivity index (χ1) is 17.7. The lowest BCUT2D eigenvalue weighted by Gasteiger charge is -2.39. The number of aliphatic carboxylic acids is 1. The molecule has 0 saturated carbocycles. The van der Waals surface area contributed by atoms with E-state index in [2.05, 4.69) is 15.0 Å². The molecule has 0 aromatic carbocycles. The molecule has 37 heavy (non-hydrogen) atoms. The fraction of sp³-hybridized carbons (Fsp3) is 0.577. The number of nitrogens with zero attached hydrogens (tertiary/aromatic N) is 4. The van der Waals surface area contributed by atoms with Crippen molar-refractivity contribution in [2.75, 3.05) is 32.7 Å². The molecule has 3 unspecified atom stereocenters. The number of likely N-dealkylation sites (tertiary alicyclic amines) is 2. The number of carboxylic acid groups (broad SMARTS) is 1. The summed E-state index contributed by atoms with van der Waals surface area (Å²) in [7, 11) is 0. The summed E-state index contributed by atoms with van der Waals surface area (Å²) >= 11 is 0. The summed E-state index contributed by atoms with van der Waals surface area (Å²) in [6.07, 6.45) is 6.52. The van der Waals surface area contributed by atoms with E-state index in [4.69, 9.17) is 4.52 Å². The Morgan fingerprint density at radius 2 is 1.92 bits per heavy atom.